The zero-order valence-corrected chi connectivity index (χ0v) is 9.08. The Balaban J connectivity index is 3.06. The first-order valence-corrected chi connectivity index (χ1v) is 4.84. The molecule has 0 aliphatic heterocycles. The van der Waals surface area contributed by atoms with Crippen LogP contribution in [0.3, 0.4) is 0 Å². The number of rotatable bonds is 4. The molecule has 0 amide bonds. The van der Waals surface area contributed by atoms with Crippen LogP contribution in [0.4, 0.5) is 0 Å². The highest BCUT2D eigenvalue weighted by molar-refractivity contribution is 5.25. The SMILES string of the molecule is CC(C)(N)C(C)(CCO)c1ccoc1. The van der Waals surface area contributed by atoms with E-state index < -0.39 is 0 Å². The van der Waals surface area contributed by atoms with Crippen molar-refractivity contribution in [2.24, 2.45) is 5.73 Å². The molecule has 1 aromatic rings. The number of hydrogen-bond donors (Lipinski definition) is 2. The molecule has 1 rings (SSSR count). The van der Waals surface area contributed by atoms with Gasteiger partial charge in [0.2, 0.25) is 0 Å². The van der Waals surface area contributed by atoms with Crippen LogP contribution in [0.1, 0.15) is 32.8 Å². The van der Waals surface area contributed by atoms with E-state index in [1.165, 1.54) is 0 Å². The van der Waals surface area contributed by atoms with Crippen molar-refractivity contribution in [1.29, 1.82) is 0 Å². The van der Waals surface area contributed by atoms with E-state index in [1.54, 1.807) is 12.5 Å². The first-order chi connectivity index (χ1) is 6.42. The Hall–Kier alpha value is -0.800. The number of furan rings is 1. The van der Waals surface area contributed by atoms with Crippen molar-refractivity contribution in [3.8, 4) is 0 Å². The predicted octanol–water partition coefficient (Wildman–Crippen LogP) is 1.66. The monoisotopic (exact) mass is 197 g/mol. The van der Waals surface area contributed by atoms with E-state index >= 15 is 0 Å². The number of nitrogens with two attached hydrogens (primary N) is 1. The Kier molecular flexibility index (Phi) is 3.02. The maximum atomic E-state index is 9.08. The van der Waals surface area contributed by atoms with E-state index in [2.05, 4.69) is 0 Å². The smallest absolute Gasteiger partial charge is 0.0940 e. The molecule has 1 aromatic heterocycles. The van der Waals surface area contributed by atoms with Crippen LogP contribution in [0, 0.1) is 0 Å². The molecule has 0 fully saturated rings. The highest BCUT2D eigenvalue weighted by Crippen LogP contribution is 2.36. The van der Waals surface area contributed by atoms with Crippen LogP contribution in [0.15, 0.2) is 23.0 Å². The molecule has 3 heteroatoms. The zero-order chi connectivity index (χ0) is 10.8. The van der Waals surface area contributed by atoms with Crippen molar-refractivity contribution in [1.82, 2.24) is 0 Å². The van der Waals surface area contributed by atoms with Gasteiger partial charge in [0, 0.05) is 17.6 Å². The molecule has 0 spiro atoms. The van der Waals surface area contributed by atoms with Crippen molar-refractivity contribution < 1.29 is 9.52 Å². The molecule has 0 saturated heterocycles. The van der Waals surface area contributed by atoms with E-state index in [4.69, 9.17) is 15.3 Å². The van der Waals surface area contributed by atoms with Gasteiger partial charge in [0.1, 0.15) is 0 Å². The lowest BCUT2D eigenvalue weighted by Gasteiger charge is -2.41. The van der Waals surface area contributed by atoms with E-state index in [-0.39, 0.29) is 17.6 Å². The van der Waals surface area contributed by atoms with Gasteiger partial charge in [0.25, 0.3) is 0 Å². The fraction of sp³-hybridized carbons (Fsp3) is 0.636. The minimum absolute atomic E-state index is 0.127. The highest BCUT2D eigenvalue weighted by Gasteiger charge is 2.39. The third kappa shape index (κ3) is 1.83. The Morgan fingerprint density at radius 3 is 2.43 bits per heavy atom. The van der Waals surface area contributed by atoms with Gasteiger partial charge in [-0.25, -0.2) is 0 Å². The summed E-state index contributed by atoms with van der Waals surface area (Å²) in [5.41, 5.74) is 6.53. The van der Waals surface area contributed by atoms with Crippen LogP contribution in [0.5, 0.6) is 0 Å². The minimum Gasteiger partial charge on any atom is -0.472 e. The van der Waals surface area contributed by atoms with Crippen LogP contribution in [0.25, 0.3) is 0 Å². The summed E-state index contributed by atoms with van der Waals surface area (Å²) in [7, 11) is 0. The van der Waals surface area contributed by atoms with Crippen LogP contribution < -0.4 is 5.73 Å². The standard InChI is InChI=1S/C11H19NO2/c1-10(2,12)11(3,5-6-13)9-4-7-14-8-9/h4,7-8,13H,5-6,12H2,1-3H3. The Bertz CT molecular complexity index is 274. The normalized spacial score (nSPS) is 16.6. The van der Waals surface area contributed by atoms with Gasteiger partial charge in [0.15, 0.2) is 0 Å². The summed E-state index contributed by atoms with van der Waals surface area (Å²) < 4.78 is 5.06. The molecule has 0 bridgehead atoms. The molecule has 1 heterocycles. The summed E-state index contributed by atoms with van der Waals surface area (Å²) in [6.45, 7) is 6.11. The molecular weight excluding hydrogens is 178 g/mol. The molecule has 0 saturated carbocycles. The van der Waals surface area contributed by atoms with Crippen molar-refractivity contribution in [2.45, 2.75) is 38.1 Å². The van der Waals surface area contributed by atoms with Gasteiger partial charge in [0.05, 0.1) is 12.5 Å². The van der Waals surface area contributed by atoms with Gasteiger partial charge in [-0.05, 0) is 31.9 Å². The lowest BCUT2D eigenvalue weighted by Crippen LogP contribution is -2.52. The third-order valence-electron chi connectivity index (χ3n) is 3.19. The first kappa shape index (κ1) is 11.3. The lowest BCUT2D eigenvalue weighted by atomic mass is 9.67. The molecule has 0 aliphatic rings. The summed E-state index contributed by atoms with van der Waals surface area (Å²) in [4.78, 5) is 0. The Morgan fingerprint density at radius 1 is 1.43 bits per heavy atom. The van der Waals surface area contributed by atoms with Crippen LogP contribution in [-0.2, 0) is 5.41 Å². The van der Waals surface area contributed by atoms with Gasteiger partial charge in [-0.15, -0.1) is 0 Å². The second-order valence-corrected chi connectivity index (χ2v) is 4.54. The van der Waals surface area contributed by atoms with Gasteiger partial charge >= 0.3 is 0 Å². The topological polar surface area (TPSA) is 59.4 Å². The third-order valence-corrected chi connectivity index (χ3v) is 3.19. The average Bonchev–Trinajstić information content (AvgIpc) is 2.54. The molecule has 0 aliphatic carbocycles. The van der Waals surface area contributed by atoms with Crippen LogP contribution >= 0.6 is 0 Å². The minimum atomic E-state index is -0.389. The summed E-state index contributed by atoms with van der Waals surface area (Å²) in [6, 6.07) is 1.91. The van der Waals surface area contributed by atoms with Crippen molar-refractivity contribution in [3.05, 3.63) is 24.2 Å². The van der Waals surface area contributed by atoms with Crippen molar-refractivity contribution in [2.75, 3.05) is 6.61 Å². The van der Waals surface area contributed by atoms with Crippen LogP contribution in [0.2, 0.25) is 0 Å². The number of aliphatic hydroxyl groups is 1. The molecule has 0 radical (unpaired) electrons. The Labute approximate surface area is 84.9 Å². The highest BCUT2D eigenvalue weighted by atomic mass is 16.3. The van der Waals surface area contributed by atoms with Crippen LogP contribution in [-0.4, -0.2) is 17.3 Å². The van der Waals surface area contributed by atoms with Gasteiger partial charge in [-0.1, -0.05) is 6.92 Å². The quantitative estimate of drug-likeness (QED) is 0.771. The molecular formula is C11H19NO2. The molecule has 80 valence electrons. The van der Waals surface area contributed by atoms with Gasteiger partial charge < -0.3 is 15.3 Å². The average molecular weight is 197 g/mol. The summed E-state index contributed by atoms with van der Waals surface area (Å²) in [5.74, 6) is 0. The second kappa shape index (κ2) is 3.75. The molecule has 1 unspecified atom stereocenters. The molecule has 1 atom stereocenters. The largest absolute Gasteiger partial charge is 0.472 e. The second-order valence-electron chi connectivity index (χ2n) is 4.54. The summed E-state index contributed by atoms with van der Waals surface area (Å²) in [6.07, 6.45) is 3.97. The Morgan fingerprint density at radius 2 is 2.07 bits per heavy atom. The summed E-state index contributed by atoms with van der Waals surface area (Å²) >= 11 is 0. The molecule has 3 nitrogen and oxygen atoms in total. The fourth-order valence-electron chi connectivity index (χ4n) is 1.64. The van der Waals surface area contributed by atoms with Gasteiger partial charge in [-0.2, -0.15) is 0 Å². The fourth-order valence-corrected chi connectivity index (χ4v) is 1.64. The molecule has 0 aromatic carbocycles. The molecule has 14 heavy (non-hydrogen) atoms. The van der Waals surface area contributed by atoms with E-state index in [9.17, 15) is 0 Å². The lowest BCUT2D eigenvalue weighted by molar-refractivity contribution is 0.189. The van der Waals surface area contributed by atoms with Crippen molar-refractivity contribution >= 4 is 0 Å². The zero-order valence-electron chi connectivity index (χ0n) is 9.08. The predicted molar refractivity (Wildman–Crippen MR) is 56.0 cm³/mol. The van der Waals surface area contributed by atoms with Gasteiger partial charge in [-0.3, -0.25) is 0 Å². The first-order valence-electron chi connectivity index (χ1n) is 4.84. The number of hydrogen-bond acceptors (Lipinski definition) is 3. The number of aliphatic hydroxyl groups excluding tert-OH is 1. The maximum Gasteiger partial charge on any atom is 0.0940 e. The maximum absolute atomic E-state index is 9.08. The van der Waals surface area contributed by atoms with E-state index in [0.29, 0.717) is 6.42 Å². The van der Waals surface area contributed by atoms with Crippen molar-refractivity contribution in [3.63, 3.8) is 0 Å². The van der Waals surface area contributed by atoms with E-state index in [0.717, 1.165) is 5.56 Å². The molecule has 3 N–H and O–H groups in total. The summed E-state index contributed by atoms with van der Waals surface area (Å²) in [5, 5.41) is 9.08. The van der Waals surface area contributed by atoms with E-state index in [1.807, 2.05) is 26.8 Å².